The Morgan fingerprint density at radius 1 is 0.794 bits per heavy atom. The maximum atomic E-state index is 13.5. The molecular weight excluding hydrogens is 428 g/mol. The standard InChI is InChI=1S/C27H26N4O3/c32-26-24-14-8-7-13-23(24)25(28-31(26)21-9-3-1-4-10-21)27(33)30-17-15-29(16-18-30)19-20-34-22-11-5-2-6-12-22/h1-14H,15-20H2. The van der Waals surface area contributed by atoms with E-state index in [1.54, 1.807) is 12.1 Å². The lowest BCUT2D eigenvalue weighted by atomic mass is 10.1. The molecule has 1 saturated heterocycles. The summed E-state index contributed by atoms with van der Waals surface area (Å²) in [6.45, 7) is 4.14. The van der Waals surface area contributed by atoms with Crippen LogP contribution in [0, 0.1) is 0 Å². The summed E-state index contributed by atoms with van der Waals surface area (Å²) in [5.41, 5.74) is 0.706. The minimum Gasteiger partial charge on any atom is -0.492 e. The van der Waals surface area contributed by atoms with Crippen molar-refractivity contribution < 1.29 is 9.53 Å². The molecule has 3 aromatic carbocycles. The molecule has 172 valence electrons. The number of hydrogen-bond acceptors (Lipinski definition) is 5. The Morgan fingerprint density at radius 2 is 1.41 bits per heavy atom. The average molecular weight is 455 g/mol. The summed E-state index contributed by atoms with van der Waals surface area (Å²) in [7, 11) is 0. The topological polar surface area (TPSA) is 67.7 Å². The first-order valence-electron chi connectivity index (χ1n) is 11.5. The molecule has 0 spiro atoms. The highest BCUT2D eigenvalue weighted by Gasteiger charge is 2.26. The smallest absolute Gasteiger partial charge is 0.279 e. The number of amides is 1. The van der Waals surface area contributed by atoms with Crippen molar-refractivity contribution in [3.63, 3.8) is 0 Å². The van der Waals surface area contributed by atoms with Gasteiger partial charge in [0.15, 0.2) is 5.69 Å². The van der Waals surface area contributed by atoms with Gasteiger partial charge in [-0.2, -0.15) is 9.78 Å². The van der Waals surface area contributed by atoms with E-state index in [4.69, 9.17) is 4.74 Å². The molecule has 0 aliphatic carbocycles. The van der Waals surface area contributed by atoms with Gasteiger partial charge in [0.05, 0.1) is 11.1 Å². The van der Waals surface area contributed by atoms with E-state index in [-0.39, 0.29) is 11.5 Å². The van der Waals surface area contributed by atoms with Crippen LogP contribution in [-0.2, 0) is 0 Å². The molecule has 2 heterocycles. The third kappa shape index (κ3) is 4.56. The Labute approximate surface area is 197 Å². The normalized spacial score (nSPS) is 14.3. The molecule has 1 aliphatic rings. The number of rotatable bonds is 6. The molecule has 1 aliphatic heterocycles. The van der Waals surface area contributed by atoms with Crippen molar-refractivity contribution in [1.29, 1.82) is 0 Å². The van der Waals surface area contributed by atoms with Crippen molar-refractivity contribution in [3.05, 3.63) is 101 Å². The summed E-state index contributed by atoms with van der Waals surface area (Å²) in [4.78, 5) is 30.7. The minimum absolute atomic E-state index is 0.152. The number of fused-ring (bicyclic) bond motifs is 1. The van der Waals surface area contributed by atoms with Crippen LogP contribution in [-0.4, -0.2) is 64.8 Å². The number of para-hydroxylation sites is 2. The van der Waals surface area contributed by atoms with E-state index in [0.29, 0.717) is 41.9 Å². The second-order valence-electron chi connectivity index (χ2n) is 8.24. The number of benzene rings is 3. The van der Waals surface area contributed by atoms with Gasteiger partial charge in [-0.25, -0.2) is 0 Å². The molecule has 1 fully saturated rings. The molecule has 7 heteroatoms. The van der Waals surface area contributed by atoms with E-state index < -0.39 is 0 Å². The summed E-state index contributed by atoms with van der Waals surface area (Å²) in [5.74, 6) is 0.712. The minimum atomic E-state index is -0.235. The highest BCUT2D eigenvalue weighted by Crippen LogP contribution is 2.18. The fourth-order valence-corrected chi connectivity index (χ4v) is 4.23. The molecule has 1 amide bonds. The maximum absolute atomic E-state index is 13.5. The Hall–Kier alpha value is -3.97. The maximum Gasteiger partial charge on any atom is 0.279 e. The van der Waals surface area contributed by atoms with E-state index in [1.807, 2.05) is 77.7 Å². The third-order valence-electron chi connectivity index (χ3n) is 6.09. The summed E-state index contributed by atoms with van der Waals surface area (Å²) in [6.07, 6.45) is 0. The van der Waals surface area contributed by atoms with Crippen LogP contribution >= 0.6 is 0 Å². The highest BCUT2D eigenvalue weighted by atomic mass is 16.5. The quantitative estimate of drug-likeness (QED) is 0.448. The molecule has 4 aromatic rings. The van der Waals surface area contributed by atoms with Gasteiger partial charge in [0.2, 0.25) is 0 Å². The third-order valence-corrected chi connectivity index (χ3v) is 6.09. The van der Waals surface area contributed by atoms with Crippen LogP contribution in [0.25, 0.3) is 16.5 Å². The van der Waals surface area contributed by atoms with Crippen LogP contribution in [0.5, 0.6) is 5.75 Å². The lowest BCUT2D eigenvalue weighted by Crippen LogP contribution is -2.50. The summed E-state index contributed by atoms with van der Waals surface area (Å²) >= 11 is 0. The predicted molar refractivity (Wildman–Crippen MR) is 132 cm³/mol. The monoisotopic (exact) mass is 454 g/mol. The first-order valence-corrected chi connectivity index (χ1v) is 11.5. The molecule has 5 rings (SSSR count). The van der Waals surface area contributed by atoms with Crippen LogP contribution in [0.1, 0.15) is 10.5 Å². The SMILES string of the molecule is O=C(c1nn(-c2ccccc2)c(=O)c2ccccc12)N1CCN(CCOc2ccccc2)CC1. The van der Waals surface area contributed by atoms with Crippen LogP contribution in [0.3, 0.4) is 0 Å². The van der Waals surface area contributed by atoms with Crippen LogP contribution in [0.4, 0.5) is 0 Å². The zero-order valence-corrected chi connectivity index (χ0v) is 18.8. The number of carbonyl (C=O) groups excluding carboxylic acids is 1. The number of hydrogen-bond donors (Lipinski definition) is 0. The lowest BCUT2D eigenvalue weighted by Gasteiger charge is -2.34. The number of aromatic nitrogens is 2. The van der Waals surface area contributed by atoms with E-state index in [2.05, 4.69) is 10.00 Å². The fraction of sp³-hybridized carbons (Fsp3) is 0.222. The average Bonchev–Trinajstić information content (AvgIpc) is 2.90. The molecular formula is C27H26N4O3. The highest BCUT2D eigenvalue weighted by molar-refractivity contribution is 6.04. The molecule has 0 atom stereocenters. The van der Waals surface area contributed by atoms with Crippen molar-refractivity contribution in [2.45, 2.75) is 0 Å². The van der Waals surface area contributed by atoms with Gasteiger partial charge in [-0.1, -0.05) is 54.6 Å². The van der Waals surface area contributed by atoms with Gasteiger partial charge in [0, 0.05) is 38.1 Å². The van der Waals surface area contributed by atoms with Gasteiger partial charge in [-0.3, -0.25) is 14.5 Å². The predicted octanol–water partition coefficient (Wildman–Crippen LogP) is 3.22. The molecule has 0 N–H and O–H groups in total. The van der Waals surface area contributed by atoms with Gasteiger partial charge in [-0.05, 0) is 30.3 Å². The molecule has 0 bridgehead atoms. The van der Waals surface area contributed by atoms with E-state index in [9.17, 15) is 9.59 Å². The van der Waals surface area contributed by atoms with Crippen molar-refractivity contribution in [3.8, 4) is 11.4 Å². The molecule has 0 saturated carbocycles. The Morgan fingerprint density at radius 3 is 2.12 bits per heavy atom. The van der Waals surface area contributed by atoms with Gasteiger partial charge in [0.25, 0.3) is 11.5 Å². The Balaban J connectivity index is 1.31. The van der Waals surface area contributed by atoms with Crippen LogP contribution in [0.2, 0.25) is 0 Å². The molecule has 7 nitrogen and oxygen atoms in total. The van der Waals surface area contributed by atoms with E-state index in [1.165, 1.54) is 4.68 Å². The summed E-state index contributed by atoms with van der Waals surface area (Å²) < 4.78 is 7.13. The second kappa shape index (κ2) is 9.89. The van der Waals surface area contributed by atoms with Crippen molar-refractivity contribution in [1.82, 2.24) is 19.6 Å². The summed E-state index contributed by atoms with van der Waals surface area (Å²) in [6, 6.07) is 26.2. The first kappa shape index (κ1) is 21.9. The van der Waals surface area contributed by atoms with Gasteiger partial charge in [0.1, 0.15) is 12.4 Å². The Kier molecular flexibility index (Phi) is 6.35. The van der Waals surface area contributed by atoms with Crippen molar-refractivity contribution in [2.75, 3.05) is 39.3 Å². The van der Waals surface area contributed by atoms with Gasteiger partial charge in [-0.15, -0.1) is 0 Å². The number of ether oxygens (including phenoxy) is 1. The van der Waals surface area contributed by atoms with Gasteiger partial charge >= 0.3 is 0 Å². The zero-order valence-electron chi connectivity index (χ0n) is 18.8. The molecule has 1 aromatic heterocycles. The Bertz CT molecular complexity index is 1330. The number of carbonyl (C=O) groups is 1. The van der Waals surface area contributed by atoms with Crippen molar-refractivity contribution >= 4 is 16.7 Å². The van der Waals surface area contributed by atoms with Crippen LogP contribution < -0.4 is 10.3 Å². The van der Waals surface area contributed by atoms with Crippen LogP contribution in [0.15, 0.2) is 89.7 Å². The first-order chi connectivity index (χ1) is 16.7. The zero-order chi connectivity index (χ0) is 23.3. The van der Waals surface area contributed by atoms with Gasteiger partial charge < -0.3 is 9.64 Å². The second-order valence-corrected chi connectivity index (χ2v) is 8.24. The number of piperazine rings is 1. The molecule has 34 heavy (non-hydrogen) atoms. The molecule has 0 radical (unpaired) electrons. The number of nitrogens with zero attached hydrogens (tertiary/aromatic N) is 4. The molecule has 0 unspecified atom stereocenters. The fourth-order valence-electron chi connectivity index (χ4n) is 4.23. The lowest BCUT2D eigenvalue weighted by molar-refractivity contribution is 0.0615. The van der Waals surface area contributed by atoms with Crippen molar-refractivity contribution in [2.24, 2.45) is 0 Å². The van der Waals surface area contributed by atoms with E-state index in [0.717, 1.165) is 25.4 Å². The largest absolute Gasteiger partial charge is 0.492 e. The summed E-state index contributed by atoms with van der Waals surface area (Å²) in [5, 5.41) is 5.60. The van der Waals surface area contributed by atoms with E-state index >= 15 is 0 Å².